The molecule has 1 heterocycles. The van der Waals surface area contributed by atoms with Gasteiger partial charge >= 0.3 is 0 Å². The Kier molecular flexibility index (Phi) is 4.94. The maximum Gasteiger partial charge on any atom is 0.241 e. The van der Waals surface area contributed by atoms with Crippen molar-refractivity contribution in [2.75, 3.05) is 19.6 Å². The van der Waals surface area contributed by atoms with E-state index in [1.54, 1.807) is 17.0 Å². The minimum Gasteiger partial charge on any atom is -0.343 e. The van der Waals surface area contributed by atoms with Crippen molar-refractivity contribution in [2.45, 2.75) is 24.2 Å². The maximum atomic E-state index is 12.1. The highest BCUT2D eigenvalue weighted by molar-refractivity contribution is 7.89. The molecule has 112 valence electrons. The Bertz CT molecular complexity index is 664. The fourth-order valence-corrected chi connectivity index (χ4v) is 3.52. The Balaban J connectivity index is 1.90. The van der Waals surface area contributed by atoms with Crippen LogP contribution in [0, 0.1) is 11.3 Å². The molecule has 6 nitrogen and oxygen atoms in total. The molecule has 0 saturated carbocycles. The van der Waals surface area contributed by atoms with E-state index in [2.05, 4.69) is 4.72 Å². The van der Waals surface area contributed by atoms with Crippen LogP contribution >= 0.6 is 0 Å². The lowest BCUT2D eigenvalue weighted by Crippen LogP contribution is -2.31. The molecule has 0 unspecified atom stereocenters. The van der Waals surface area contributed by atoms with Crippen LogP contribution in [0.5, 0.6) is 0 Å². The predicted octanol–water partition coefficient (Wildman–Crippen LogP) is 0.849. The van der Waals surface area contributed by atoms with Crippen LogP contribution in [-0.2, 0) is 14.8 Å². The number of benzene rings is 1. The van der Waals surface area contributed by atoms with Gasteiger partial charge in [-0.2, -0.15) is 5.26 Å². The van der Waals surface area contributed by atoms with Gasteiger partial charge in [0.05, 0.1) is 10.5 Å². The molecule has 1 aliphatic rings. The van der Waals surface area contributed by atoms with Gasteiger partial charge in [-0.25, -0.2) is 13.1 Å². The van der Waals surface area contributed by atoms with Gasteiger partial charge in [0.15, 0.2) is 0 Å². The SMILES string of the molecule is N#Cc1ccccc1S(=O)(=O)NCCCN1CCCC1=O. The molecule has 1 saturated heterocycles. The molecule has 0 spiro atoms. The molecular formula is C14H17N3O3S. The minimum atomic E-state index is -3.69. The van der Waals surface area contributed by atoms with E-state index < -0.39 is 10.0 Å². The van der Waals surface area contributed by atoms with Crippen molar-refractivity contribution in [1.29, 1.82) is 5.26 Å². The van der Waals surface area contributed by atoms with Crippen LogP contribution in [0.1, 0.15) is 24.8 Å². The minimum absolute atomic E-state index is 0.00949. The average molecular weight is 307 g/mol. The second-order valence-corrected chi connectivity index (χ2v) is 6.58. The summed E-state index contributed by atoms with van der Waals surface area (Å²) in [5.74, 6) is 0.132. The van der Waals surface area contributed by atoms with Crippen molar-refractivity contribution < 1.29 is 13.2 Å². The number of likely N-dealkylation sites (tertiary alicyclic amines) is 1. The Hall–Kier alpha value is -1.91. The highest BCUT2D eigenvalue weighted by Crippen LogP contribution is 2.14. The van der Waals surface area contributed by atoms with Crippen molar-refractivity contribution in [1.82, 2.24) is 9.62 Å². The summed E-state index contributed by atoms with van der Waals surface area (Å²) >= 11 is 0. The Morgan fingerprint density at radius 2 is 2.10 bits per heavy atom. The number of carbonyl (C=O) groups excluding carboxylic acids is 1. The van der Waals surface area contributed by atoms with E-state index in [-0.39, 0.29) is 22.9 Å². The third-order valence-electron chi connectivity index (χ3n) is 3.37. The van der Waals surface area contributed by atoms with Gasteiger partial charge < -0.3 is 4.90 Å². The molecule has 0 bridgehead atoms. The quantitative estimate of drug-likeness (QED) is 0.789. The predicted molar refractivity (Wildman–Crippen MR) is 76.8 cm³/mol. The monoisotopic (exact) mass is 307 g/mol. The summed E-state index contributed by atoms with van der Waals surface area (Å²) in [5.41, 5.74) is 0.125. The molecule has 1 N–H and O–H groups in total. The zero-order valence-electron chi connectivity index (χ0n) is 11.6. The average Bonchev–Trinajstić information content (AvgIpc) is 2.89. The van der Waals surface area contributed by atoms with Crippen molar-refractivity contribution in [3.8, 4) is 6.07 Å². The number of hydrogen-bond donors (Lipinski definition) is 1. The van der Waals surface area contributed by atoms with E-state index in [1.165, 1.54) is 12.1 Å². The van der Waals surface area contributed by atoms with Crippen LogP contribution in [0.2, 0.25) is 0 Å². The Morgan fingerprint density at radius 1 is 1.33 bits per heavy atom. The number of hydrogen-bond acceptors (Lipinski definition) is 4. The van der Waals surface area contributed by atoms with Gasteiger partial charge in [0, 0.05) is 26.1 Å². The molecule has 0 aliphatic carbocycles. The first-order valence-electron chi connectivity index (χ1n) is 6.81. The molecule has 1 aromatic rings. The topological polar surface area (TPSA) is 90.3 Å². The van der Waals surface area contributed by atoms with Crippen LogP contribution < -0.4 is 4.72 Å². The molecular weight excluding hydrogens is 290 g/mol. The zero-order valence-corrected chi connectivity index (χ0v) is 12.4. The van der Waals surface area contributed by atoms with Crippen molar-refractivity contribution in [2.24, 2.45) is 0 Å². The maximum absolute atomic E-state index is 12.1. The first-order valence-corrected chi connectivity index (χ1v) is 8.29. The molecule has 7 heteroatoms. The van der Waals surface area contributed by atoms with E-state index in [1.807, 2.05) is 6.07 Å². The zero-order chi connectivity index (χ0) is 15.3. The van der Waals surface area contributed by atoms with E-state index in [0.717, 1.165) is 13.0 Å². The first-order chi connectivity index (χ1) is 10.0. The van der Waals surface area contributed by atoms with E-state index in [9.17, 15) is 13.2 Å². The summed E-state index contributed by atoms with van der Waals surface area (Å²) in [6.07, 6.45) is 2.01. The highest BCUT2D eigenvalue weighted by atomic mass is 32.2. The van der Waals surface area contributed by atoms with Gasteiger partial charge in [-0.05, 0) is 25.0 Å². The summed E-state index contributed by atoms with van der Waals surface area (Å²) < 4.78 is 26.7. The molecule has 0 aromatic heterocycles. The van der Waals surface area contributed by atoms with Crippen molar-refractivity contribution in [3.05, 3.63) is 29.8 Å². The Labute approximate surface area is 124 Å². The van der Waals surface area contributed by atoms with E-state index in [4.69, 9.17) is 5.26 Å². The second kappa shape index (κ2) is 6.70. The smallest absolute Gasteiger partial charge is 0.241 e. The van der Waals surface area contributed by atoms with Gasteiger partial charge in [-0.15, -0.1) is 0 Å². The van der Waals surface area contributed by atoms with Gasteiger partial charge in [-0.3, -0.25) is 4.79 Å². The molecule has 1 aromatic carbocycles. The van der Waals surface area contributed by atoms with Gasteiger partial charge in [0.2, 0.25) is 15.9 Å². The molecule has 1 aliphatic heterocycles. The number of amides is 1. The fraction of sp³-hybridized carbons (Fsp3) is 0.429. The normalized spacial score (nSPS) is 15.2. The van der Waals surface area contributed by atoms with Crippen LogP contribution in [0.4, 0.5) is 0 Å². The lowest BCUT2D eigenvalue weighted by atomic mass is 10.2. The standard InChI is InChI=1S/C14H17N3O3S/c15-11-12-5-1-2-6-13(12)21(19,20)16-8-4-10-17-9-3-7-14(17)18/h1-2,5-6,16H,3-4,7-10H2. The van der Waals surface area contributed by atoms with E-state index in [0.29, 0.717) is 19.4 Å². The lowest BCUT2D eigenvalue weighted by molar-refractivity contribution is -0.127. The molecule has 1 amide bonds. The molecule has 21 heavy (non-hydrogen) atoms. The van der Waals surface area contributed by atoms with Crippen LogP contribution in [0.25, 0.3) is 0 Å². The van der Waals surface area contributed by atoms with Crippen molar-refractivity contribution >= 4 is 15.9 Å². The molecule has 0 radical (unpaired) electrons. The number of rotatable bonds is 6. The van der Waals surface area contributed by atoms with Crippen LogP contribution in [0.3, 0.4) is 0 Å². The Morgan fingerprint density at radius 3 is 2.76 bits per heavy atom. The summed E-state index contributed by atoms with van der Waals surface area (Å²) in [4.78, 5) is 13.2. The summed E-state index contributed by atoms with van der Waals surface area (Å²) in [7, 11) is -3.69. The van der Waals surface area contributed by atoms with E-state index >= 15 is 0 Å². The molecule has 0 atom stereocenters. The summed E-state index contributed by atoms with van der Waals surface area (Å²) in [6, 6.07) is 7.95. The number of carbonyl (C=O) groups is 1. The van der Waals surface area contributed by atoms with Crippen LogP contribution in [-0.4, -0.2) is 38.9 Å². The van der Waals surface area contributed by atoms with Gasteiger partial charge in [0.1, 0.15) is 6.07 Å². The highest BCUT2D eigenvalue weighted by Gasteiger charge is 2.20. The van der Waals surface area contributed by atoms with Crippen molar-refractivity contribution in [3.63, 3.8) is 0 Å². The van der Waals surface area contributed by atoms with Gasteiger partial charge in [0.25, 0.3) is 0 Å². The van der Waals surface area contributed by atoms with Crippen LogP contribution in [0.15, 0.2) is 29.2 Å². The summed E-state index contributed by atoms with van der Waals surface area (Å²) in [6.45, 7) is 1.55. The number of nitrogens with one attached hydrogen (secondary N) is 1. The number of sulfonamides is 1. The number of nitriles is 1. The largest absolute Gasteiger partial charge is 0.343 e. The fourth-order valence-electron chi connectivity index (χ4n) is 2.29. The third kappa shape index (κ3) is 3.80. The first kappa shape index (κ1) is 15.5. The summed E-state index contributed by atoms with van der Waals surface area (Å²) in [5, 5.41) is 8.94. The second-order valence-electron chi connectivity index (χ2n) is 4.84. The van der Waals surface area contributed by atoms with Gasteiger partial charge in [-0.1, -0.05) is 12.1 Å². The third-order valence-corrected chi connectivity index (χ3v) is 4.88. The lowest BCUT2D eigenvalue weighted by Gasteiger charge is -2.15. The molecule has 1 fully saturated rings. The number of nitrogens with zero attached hydrogens (tertiary/aromatic N) is 2. The molecule has 2 rings (SSSR count).